The number of hydrogen-bond donors (Lipinski definition) is 4. The summed E-state index contributed by atoms with van der Waals surface area (Å²) in [5, 5.41) is 12.7. The standard InChI is InChI=1S/C62H94N8O10S4/c1-39(67(13)57(75)79-59(3,4)5)53(81)65-43-29-33-83-47-35-61(9,10)49(69(47)55(43)73)51(71)63-45(41-25-19-17-20-26-41)37-77-31-23-15-16-24-32-78-38-46(42-27-21-18-22-28-42)64-52(72)50-62(11,12)36-48-70(50)56(74)44(30-34-84-48)66-54(82)40(2)68(14)58(76)80-60(6,7)8/h17-22,25-28,39-40,43-50H,15-16,23-24,29-38H2,1-14H3,(H,63,71)(H,64,72)(H,65,81)(H,66,82)/t39-,40-,43-,44-,45+,46+,47-,48-,49+,50+/m0/s1. The molecule has 10 atom stereocenters. The van der Waals surface area contributed by atoms with Crippen molar-refractivity contribution in [2.24, 2.45) is 10.8 Å². The van der Waals surface area contributed by atoms with Crippen molar-refractivity contribution in [3.8, 4) is 0 Å². The quantitative estimate of drug-likeness (QED) is 0.0605. The van der Waals surface area contributed by atoms with Crippen LogP contribution in [0.2, 0.25) is 0 Å². The predicted molar refractivity (Wildman–Crippen MR) is 341 cm³/mol. The Hall–Kier alpha value is -4.74. The van der Waals surface area contributed by atoms with Gasteiger partial charge in [0.2, 0.25) is 23.6 Å². The van der Waals surface area contributed by atoms with Gasteiger partial charge < -0.3 is 59.8 Å². The van der Waals surface area contributed by atoms with Crippen molar-refractivity contribution in [1.82, 2.24) is 40.9 Å². The fraction of sp³-hybridized carbons (Fsp3) is 0.677. The number of nitrogens with one attached hydrogen (secondary N) is 4. The highest BCUT2D eigenvalue weighted by Crippen LogP contribution is 2.48. The first-order valence-corrected chi connectivity index (χ1v) is 32.6. The summed E-state index contributed by atoms with van der Waals surface area (Å²) in [4.78, 5) is 91.2. The molecule has 0 aliphatic carbocycles. The van der Waals surface area contributed by atoms with Crippen LogP contribution in [0.1, 0.15) is 158 Å². The lowest BCUT2D eigenvalue weighted by atomic mass is 9.83. The Labute approximate surface area is 518 Å². The minimum absolute atomic E-state index is 0.189. The van der Waals surface area contributed by atoms with Crippen LogP contribution in [0.3, 0.4) is 0 Å². The maximum absolute atomic E-state index is 14.6. The van der Waals surface area contributed by atoms with Crippen molar-refractivity contribution in [1.29, 1.82) is 0 Å². The van der Waals surface area contributed by atoms with E-state index >= 15 is 0 Å². The highest BCUT2D eigenvalue weighted by molar-refractivity contribution is 8.00. The first-order chi connectivity index (χ1) is 39.4. The van der Waals surface area contributed by atoms with Gasteiger partial charge in [0, 0.05) is 27.3 Å². The normalized spacial score (nSPS) is 23.5. The molecule has 4 aliphatic heterocycles. The first-order valence-electron chi connectivity index (χ1n) is 29.7. The smallest absolute Gasteiger partial charge is 0.410 e. The van der Waals surface area contributed by atoms with Crippen molar-refractivity contribution in [3.63, 3.8) is 0 Å². The van der Waals surface area contributed by atoms with Crippen molar-refractivity contribution in [3.05, 3.63) is 71.8 Å². The number of hydrogen-bond acceptors (Lipinski definition) is 14. The van der Waals surface area contributed by atoms with Crippen molar-refractivity contribution in [2.75, 3.05) is 52.0 Å². The van der Waals surface area contributed by atoms with E-state index < -0.39 is 82.6 Å². The topological polar surface area (TPSA) is 200 Å². The van der Waals surface area contributed by atoms with Crippen LogP contribution >= 0.6 is 48.0 Å². The van der Waals surface area contributed by atoms with Crippen LogP contribution < -0.4 is 21.3 Å². The second-order valence-electron chi connectivity index (χ2n) is 26.1. The first kappa shape index (κ1) is 68.4. The van der Waals surface area contributed by atoms with Gasteiger partial charge in [-0.05, 0) is 127 Å². The molecule has 4 fully saturated rings. The highest BCUT2D eigenvalue weighted by Gasteiger charge is 2.56. The molecule has 0 bridgehead atoms. The third-order valence-corrected chi connectivity index (χ3v) is 19.4. The molecule has 2 aromatic rings. The molecule has 4 heterocycles. The summed E-state index contributed by atoms with van der Waals surface area (Å²) in [5.74, 6) is 0.515. The van der Waals surface area contributed by atoms with E-state index in [0.717, 1.165) is 36.8 Å². The lowest BCUT2D eigenvalue weighted by molar-refractivity contribution is -0.142. The van der Waals surface area contributed by atoms with Gasteiger partial charge in [-0.2, -0.15) is 0 Å². The van der Waals surface area contributed by atoms with E-state index in [2.05, 4.69) is 21.3 Å². The van der Waals surface area contributed by atoms with Gasteiger partial charge in [-0.1, -0.05) is 126 Å². The average molecular weight is 1240 g/mol. The second-order valence-corrected chi connectivity index (χ2v) is 29.5. The summed E-state index contributed by atoms with van der Waals surface area (Å²) < 4.78 is 23.7. The molecule has 466 valence electrons. The second kappa shape index (κ2) is 29.8. The summed E-state index contributed by atoms with van der Waals surface area (Å²) in [7, 11) is 3.24. The Balaban J connectivity index is 0.988. The number of likely N-dealkylation sites (N-methyl/N-ethyl adjacent to an activating group) is 2. The molecule has 4 N–H and O–H groups in total. The summed E-state index contributed by atoms with van der Waals surface area (Å²) in [5.41, 5.74) is -0.617. The van der Waals surface area contributed by atoms with Gasteiger partial charge in [-0.25, -0.2) is 9.59 Å². The van der Waals surface area contributed by atoms with Crippen LogP contribution in [-0.4, -0.2) is 176 Å². The number of thioether (sulfide) groups is 2. The Kier molecular flexibility index (Phi) is 24.2. The lowest BCUT2D eigenvalue weighted by Gasteiger charge is -2.36. The summed E-state index contributed by atoms with van der Waals surface area (Å²) in [6.45, 7) is 24.0. The number of nitrogens with zero attached hydrogens (tertiary/aromatic N) is 4. The van der Waals surface area contributed by atoms with Crippen LogP contribution in [0.15, 0.2) is 60.7 Å². The summed E-state index contributed by atoms with van der Waals surface area (Å²) in [6, 6.07) is 14.6. The van der Waals surface area contributed by atoms with Crippen molar-refractivity contribution >= 4 is 93.8 Å². The maximum atomic E-state index is 14.6. The zero-order valence-electron chi connectivity index (χ0n) is 52.0. The van der Waals surface area contributed by atoms with E-state index in [1.54, 1.807) is 103 Å². The van der Waals surface area contributed by atoms with Gasteiger partial charge in [0.05, 0.1) is 58.1 Å². The average Bonchev–Trinajstić information content (AvgIpc) is 1.78. The zero-order valence-corrected chi connectivity index (χ0v) is 55.2. The minimum Gasteiger partial charge on any atom is -0.444 e. The Morgan fingerprint density at radius 1 is 0.607 bits per heavy atom. The Morgan fingerprint density at radius 2 is 0.952 bits per heavy atom. The summed E-state index contributed by atoms with van der Waals surface area (Å²) in [6.07, 6.45) is 4.67. The molecule has 6 rings (SSSR count). The predicted octanol–water partition coefficient (Wildman–Crippen LogP) is 9.56. The number of benzene rings is 2. The molecular formula is C62H94N8O10S4. The van der Waals surface area contributed by atoms with E-state index in [1.807, 2.05) is 88.4 Å². The molecule has 18 nitrogen and oxygen atoms in total. The molecular weight excluding hydrogens is 1140 g/mol. The number of ether oxygens (including phenoxy) is 4. The molecule has 0 radical (unpaired) electrons. The Bertz CT molecular complexity index is 2430. The number of fused-ring (bicyclic) bond motifs is 2. The van der Waals surface area contributed by atoms with E-state index in [1.165, 1.54) is 9.80 Å². The van der Waals surface area contributed by atoms with Crippen molar-refractivity contribution < 1.29 is 47.7 Å². The minimum atomic E-state index is -0.746. The van der Waals surface area contributed by atoms with Gasteiger partial charge in [-0.15, -0.1) is 23.5 Å². The Morgan fingerprint density at radius 3 is 1.29 bits per heavy atom. The SMILES string of the molecule is C[C@@H](C(=S)N[C@H]1CCS[C@H]2CC(C)(C)[C@@H](C(=O)N[C@H](COCCCCCCOC[C@@H](NC(=O)[C@H]3N4C(=O)[C@@H](NC(=S)[C@H](C)N(C)C(=O)OC(C)(C)C)CCS[C@H]4CC3(C)C)c3ccccc3)c3ccccc3)N2C1=O)N(C)C(=O)OC(C)(C)C. The number of amides is 6. The van der Waals surface area contributed by atoms with Crippen molar-refractivity contribution in [2.45, 2.75) is 205 Å². The molecule has 0 saturated carbocycles. The number of rotatable bonds is 23. The maximum Gasteiger partial charge on any atom is 0.410 e. The molecule has 4 saturated heterocycles. The molecule has 4 aliphatic rings. The van der Waals surface area contributed by atoms with Gasteiger partial charge >= 0.3 is 12.2 Å². The molecule has 0 aromatic heterocycles. The van der Waals surface area contributed by atoms with Crippen LogP contribution in [0, 0.1) is 10.8 Å². The molecule has 22 heteroatoms. The largest absolute Gasteiger partial charge is 0.444 e. The number of carbonyl (C=O) groups is 6. The zero-order chi connectivity index (χ0) is 61.9. The lowest BCUT2D eigenvalue weighted by Crippen LogP contribution is -2.58. The van der Waals surface area contributed by atoms with Crippen LogP contribution in [0.25, 0.3) is 0 Å². The number of carbonyl (C=O) groups excluding carboxylic acids is 6. The van der Waals surface area contributed by atoms with Gasteiger partial charge in [0.15, 0.2) is 0 Å². The van der Waals surface area contributed by atoms with E-state index in [9.17, 15) is 28.8 Å². The number of thiocarbonyl (C=S) groups is 2. The monoisotopic (exact) mass is 1240 g/mol. The van der Waals surface area contributed by atoms with Gasteiger partial charge in [0.1, 0.15) is 35.4 Å². The van der Waals surface area contributed by atoms with Gasteiger partial charge in [-0.3, -0.25) is 19.2 Å². The third kappa shape index (κ3) is 18.4. The van der Waals surface area contributed by atoms with E-state index in [4.69, 9.17) is 43.4 Å². The fourth-order valence-corrected chi connectivity index (χ4v) is 14.9. The molecule has 84 heavy (non-hydrogen) atoms. The van der Waals surface area contributed by atoms with Crippen LogP contribution in [0.4, 0.5) is 9.59 Å². The molecule has 0 unspecified atom stereocenters. The van der Waals surface area contributed by atoms with Crippen LogP contribution in [-0.2, 0) is 38.1 Å². The number of unbranched alkanes of at least 4 members (excludes halogenated alkanes) is 3. The summed E-state index contributed by atoms with van der Waals surface area (Å²) >= 11 is 14.9. The molecule has 6 amide bonds. The molecule has 2 aromatic carbocycles. The van der Waals surface area contributed by atoms with Crippen LogP contribution in [0.5, 0.6) is 0 Å². The highest BCUT2D eigenvalue weighted by atomic mass is 32.2. The third-order valence-electron chi connectivity index (χ3n) is 15.9. The molecule has 0 spiro atoms. The van der Waals surface area contributed by atoms with E-state index in [-0.39, 0.29) is 47.6 Å². The van der Waals surface area contributed by atoms with E-state index in [0.29, 0.717) is 60.4 Å². The fourth-order valence-electron chi connectivity index (χ4n) is 11.1. The van der Waals surface area contributed by atoms with Gasteiger partial charge in [0.25, 0.3) is 0 Å².